The molecule has 0 fully saturated rings. The lowest BCUT2D eigenvalue weighted by Gasteiger charge is -2.18. The van der Waals surface area contributed by atoms with Gasteiger partial charge in [-0.15, -0.1) is 6.58 Å². The number of aliphatic carboxylic acids is 1. The topological polar surface area (TPSA) is 66.8 Å². The van der Waals surface area contributed by atoms with Gasteiger partial charge in [0, 0.05) is 6.61 Å². The Hall–Kier alpha value is -0.870. The Bertz CT molecular complexity index is 228. The molecule has 2 atom stereocenters. The molecule has 0 aliphatic heterocycles. The summed E-state index contributed by atoms with van der Waals surface area (Å²) in [5.74, 6) is -1.59. The van der Waals surface area contributed by atoms with E-state index in [9.17, 15) is 9.90 Å². The van der Waals surface area contributed by atoms with Gasteiger partial charge in [-0.1, -0.05) is 38.7 Å². The van der Waals surface area contributed by atoms with E-state index in [0.717, 1.165) is 25.7 Å². The summed E-state index contributed by atoms with van der Waals surface area (Å²) < 4.78 is 5.16. The van der Waals surface area contributed by atoms with Crippen LogP contribution in [0.4, 0.5) is 0 Å². The van der Waals surface area contributed by atoms with Crippen LogP contribution in [0.3, 0.4) is 0 Å². The summed E-state index contributed by atoms with van der Waals surface area (Å²) in [4.78, 5) is 11.1. The molecule has 0 aliphatic rings. The normalized spacial score (nSPS) is 14.1. The molecule has 0 radical (unpaired) electrons. The fraction of sp³-hybridized carbons (Fsp3) is 0.786. The standard InChI is InChI=1S/C14H26O4/c1-3-5-6-7-8-12(14(16)17)13(15)9-11-18-10-4-2/h4,12-13,15H,2-3,5-11H2,1H3,(H,16,17)/t12-,13+/m0/s1. The minimum absolute atomic E-state index is 0.360. The van der Waals surface area contributed by atoms with E-state index >= 15 is 0 Å². The van der Waals surface area contributed by atoms with Crippen LogP contribution in [0.25, 0.3) is 0 Å². The predicted molar refractivity (Wildman–Crippen MR) is 71.5 cm³/mol. The van der Waals surface area contributed by atoms with Crippen molar-refractivity contribution in [1.29, 1.82) is 0 Å². The monoisotopic (exact) mass is 258 g/mol. The smallest absolute Gasteiger partial charge is 0.309 e. The van der Waals surface area contributed by atoms with E-state index in [-0.39, 0.29) is 0 Å². The Morgan fingerprint density at radius 3 is 2.61 bits per heavy atom. The number of ether oxygens (including phenoxy) is 1. The molecule has 0 bridgehead atoms. The van der Waals surface area contributed by atoms with Crippen LogP contribution in [0.15, 0.2) is 12.7 Å². The average Bonchev–Trinajstić information content (AvgIpc) is 2.34. The average molecular weight is 258 g/mol. The molecule has 0 aromatic rings. The number of unbranched alkanes of at least 4 members (excludes halogenated alkanes) is 3. The molecule has 0 heterocycles. The van der Waals surface area contributed by atoms with Gasteiger partial charge < -0.3 is 14.9 Å². The van der Waals surface area contributed by atoms with Gasteiger partial charge in [0.2, 0.25) is 0 Å². The van der Waals surface area contributed by atoms with Crippen LogP contribution in [0, 0.1) is 5.92 Å². The predicted octanol–water partition coefficient (Wildman–Crippen LogP) is 2.61. The van der Waals surface area contributed by atoms with E-state index < -0.39 is 18.0 Å². The largest absolute Gasteiger partial charge is 0.481 e. The van der Waals surface area contributed by atoms with E-state index in [1.807, 2.05) is 0 Å². The molecule has 0 saturated carbocycles. The van der Waals surface area contributed by atoms with Crippen molar-refractivity contribution in [2.45, 2.75) is 51.6 Å². The summed E-state index contributed by atoms with van der Waals surface area (Å²) in [6, 6.07) is 0. The highest BCUT2D eigenvalue weighted by Crippen LogP contribution is 2.17. The van der Waals surface area contributed by atoms with E-state index in [1.54, 1.807) is 6.08 Å². The first-order valence-electron chi connectivity index (χ1n) is 6.73. The van der Waals surface area contributed by atoms with Crippen LogP contribution >= 0.6 is 0 Å². The Morgan fingerprint density at radius 2 is 2.06 bits per heavy atom. The second-order valence-corrected chi connectivity index (χ2v) is 4.51. The number of aliphatic hydroxyl groups excluding tert-OH is 1. The number of carboxylic acids is 1. The summed E-state index contributed by atoms with van der Waals surface area (Å²) in [7, 11) is 0. The zero-order valence-electron chi connectivity index (χ0n) is 11.3. The molecule has 0 aliphatic carbocycles. The quantitative estimate of drug-likeness (QED) is 0.417. The number of carboxylic acid groups (broad SMARTS) is 1. The van der Waals surface area contributed by atoms with Crippen LogP contribution in [-0.2, 0) is 9.53 Å². The number of rotatable bonds is 12. The molecule has 0 aromatic carbocycles. The summed E-state index contributed by atoms with van der Waals surface area (Å²) in [5, 5.41) is 18.9. The van der Waals surface area contributed by atoms with Crippen molar-refractivity contribution in [2.24, 2.45) is 5.92 Å². The molecule has 0 saturated heterocycles. The molecular formula is C14H26O4. The van der Waals surface area contributed by atoms with Crippen LogP contribution in [0.5, 0.6) is 0 Å². The van der Waals surface area contributed by atoms with E-state index in [1.165, 1.54) is 0 Å². The maximum Gasteiger partial charge on any atom is 0.309 e. The second kappa shape index (κ2) is 11.2. The third kappa shape index (κ3) is 8.25. The maximum absolute atomic E-state index is 11.1. The molecular weight excluding hydrogens is 232 g/mol. The zero-order valence-corrected chi connectivity index (χ0v) is 11.3. The second-order valence-electron chi connectivity index (χ2n) is 4.51. The SMILES string of the molecule is C=CCOCC[C@@H](O)[C@H](CCCCCC)C(=O)O. The molecule has 4 nitrogen and oxygen atoms in total. The molecule has 4 heteroatoms. The van der Waals surface area contributed by atoms with Crippen LogP contribution in [0.2, 0.25) is 0 Å². The molecule has 106 valence electrons. The Kier molecular flexibility index (Phi) is 10.7. The Morgan fingerprint density at radius 1 is 1.33 bits per heavy atom. The highest BCUT2D eigenvalue weighted by Gasteiger charge is 2.25. The van der Waals surface area contributed by atoms with Crippen molar-refractivity contribution in [3.8, 4) is 0 Å². The number of carbonyl (C=O) groups is 1. The zero-order chi connectivity index (χ0) is 13.8. The van der Waals surface area contributed by atoms with Gasteiger partial charge in [0.25, 0.3) is 0 Å². The number of hydrogen-bond acceptors (Lipinski definition) is 3. The molecule has 18 heavy (non-hydrogen) atoms. The lowest BCUT2D eigenvalue weighted by atomic mass is 9.93. The lowest BCUT2D eigenvalue weighted by Crippen LogP contribution is -2.29. The van der Waals surface area contributed by atoms with Crippen LogP contribution in [-0.4, -0.2) is 35.5 Å². The first-order valence-corrected chi connectivity index (χ1v) is 6.73. The van der Waals surface area contributed by atoms with Gasteiger partial charge >= 0.3 is 5.97 Å². The van der Waals surface area contributed by atoms with Gasteiger partial charge in [0.1, 0.15) is 0 Å². The maximum atomic E-state index is 11.1. The molecule has 0 unspecified atom stereocenters. The molecule has 0 amide bonds. The first-order chi connectivity index (χ1) is 8.63. The van der Waals surface area contributed by atoms with Gasteiger partial charge in [-0.25, -0.2) is 0 Å². The Labute approximate surface area is 110 Å². The number of aliphatic hydroxyl groups is 1. The van der Waals surface area contributed by atoms with Crippen molar-refractivity contribution in [2.75, 3.05) is 13.2 Å². The van der Waals surface area contributed by atoms with Gasteiger partial charge in [-0.2, -0.15) is 0 Å². The van der Waals surface area contributed by atoms with Gasteiger partial charge in [0.05, 0.1) is 18.6 Å². The molecule has 0 rings (SSSR count). The summed E-state index contributed by atoms with van der Waals surface area (Å²) >= 11 is 0. The third-order valence-corrected chi connectivity index (χ3v) is 2.94. The minimum atomic E-state index is -0.914. The third-order valence-electron chi connectivity index (χ3n) is 2.94. The first kappa shape index (κ1) is 17.1. The molecule has 0 aromatic heterocycles. The highest BCUT2D eigenvalue weighted by atomic mass is 16.5. The van der Waals surface area contributed by atoms with E-state index in [0.29, 0.717) is 26.1 Å². The van der Waals surface area contributed by atoms with Crippen molar-refractivity contribution in [3.63, 3.8) is 0 Å². The Balaban J connectivity index is 3.91. The van der Waals surface area contributed by atoms with Crippen molar-refractivity contribution in [3.05, 3.63) is 12.7 Å². The van der Waals surface area contributed by atoms with E-state index in [2.05, 4.69) is 13.5 Å². The van der Waals surface area contributed by atoms with Crippen LogP contribution < -0.4 is 0 Å². The van der Waals surface area contributed by atoms with E-state index in [4.69, 9.17) is 9.84 Å². The summed E-state index contributed by atoms with van der Waals surface area (Å²) in [5.41, 5.74) is 0. The fourth-order valence-corrected chi connectivity index (χ4v) is 1.84. The van der Waals surface area contributed by atoms with Gasteiger partial charge in [0.15, 0.2) is 0 Å². The summed E-state index contributed by atoms with van der Waals surface area (Å²) in [6.45, 7) is 6.43. The fourth-order valence-electron chi connectivity index (χ4n) is 1.84. The van der Waals surface area contributed by atoms with Crippen LogP contribution in [0.1, 0.15) is 45.4 Å². The lowest BCUT2D eigenvalue weighted by molar-refractivity contribution is -0.146. The molecule has 2 N–H and O–H groups in total. The minimum Gasteiger partial charge on any atom is -0.481 e. The highest BCUT2D eigenvalue weighted by molar-refractivity contribution is 5.70. The van der Waals surface area contributed by atoms with Crippen molar-refractivity contribution in [1.82, 2.24) is 0 Å². The summed E-state index contributed by atoms with van der Waals surface area (Å²) in [6.07, 6.45) is 5.83. The van der Waals surface area contributed by atoms with Gasteiger partial charge in [-0.3, -0.25) is 4.79 Å². The van der Waals surface area contributed by atoms with Gasteiger partial charge in [-0.05, 0) is 12.8 Å². The van der Waals surface area contributed by atoms with Crippen molar-refractivity contribution < 1.29 is 19.7 Å². The van der Waals surface area contributed by atoms with Crippen molar-refractivity contribution >= 4 is 5.97 Å². The number of hydrogen-bond donors (Lipinski definition) is 2. The molecule has 0 spiro atoms.